The summed E-state index contributed by atoms with van der Waals surface area (Å²) < 4.78 is 5.98. The van der Waals surface area contributed by atoms with Crippen molar-refractivity contribution in [3.8, 4) is 5.75 Å². The van der Waals surface area contributed by atoms with E-state index in [-0.39, 0.29) is 30.5 Å². The van der Waals surface area contributed by atoms with Crippen LogP contribution in [0.25, 0.3) is 0 Å². The highest BCUT2D eigenvalue weighted by molar-refractivity contribution is 8.16. The lowest BCUT2D eigenvalue weighted by Crippen LogP contribution is -2.46. The van der Waals surface area contributed by atoms with E-state index in [0.717, 1.165) is 0 Å². The van der Waals surface area contributed by atoms with Crippen LogP contribution in [-0.4, -0.2) is 42.0 Å². The molecule has 7 heteroatoms. The van der Waals surface area contributed by atoms with E-state index >= 15 is 0 Å². The Bertz CT molecular complexity index is 579. The van der Waals surface area contributed by atoms with E-state index in [0.29, 0.717) is 10.3 Å². The minimum absolute atomic E-state index is 0.0471. The van der Waals surface area contributed by atoms with Crippen LogP contribution in [0.4, 0.5) is 0 Å². The maximum atomic E-state index is 11.8. The van der Waals surface area contributed by atoms with Crippen LogP contribution in [0.5, 0.6) is 5.75 Å². The minimum Gasteiger partial charge on any atom is -0.484 e. The molecule has 1 fully saturated rings. The quantitative estimate of drug-likeness (QED) is 0.792. The SMILES string of the molecule is CC(C)(C)NC(=O)CNC(=O)COc1ccc(C2SCCCS2)cc1. The predicted molar refractivity (Wildman–Crippen MR) is 105 cm³/mol. The van der Waals surface area contributed by atoms with Crippen LogP contribution in [0.1, 0.15) is 37.3 Å². The highest BCUT2D eigenvalue weighted by Gasteiger charge is 2.17. The topological polar surface area (TPSA) is 67.4 Å². The van der Waals surface area contributed by atoms with Gasteiger partial charge in [-0.15, -0.1) is 23.5 Å². The number of ether oxygens (including phenoxy) is 1. The Morgan fingerprint density at radius 3 is 2.36 bits per heavy atom. The van der Waals surface area contributed by atoms with Gasteiger partial charge in [0.25, 0.3) is 5.91 Å². The zero-order valence-electron chi connectivity index (χ0n) is 15.0. The molecule has 1 aromatic carbocycles. The first-order chi connectivity index (χ1) is 11.8. The Hall–Kier alpha value is -1.34. The van der Waals surface area contributed by atoms with Crippen LogP contribution in [0.3, 0.4) is 0 Å². The smallest absolute Gasteiger partial charge is 0.258 e. The molecule has 0 unspecified atom stereocenters. The molecular weight excluding hydrogens is 356 g/mol. The number of rotatable bonds is 6. The zero-order valence-corrected chi connectivity index (χ0v) is 16.6. The molecule has 1 heterocycles. The highest BCUT2D eigenvalue weighted by atomic mass is 32.2. The summed E-state index contributed by atoms with van der Waals surface area (Å²) in [7, 11) is 0. The Morgan fingerprint density at radius 1 is 1.12 bits per heavy atom. The van der Waals surface area contributed by atoms with E-state index in [4.69, 9.17) is 4.74 Å². The van der Waals surface area contributed by atoms with Crippen molar-refractivity contribution in [2.24, 2.45) is 0 Å². The molecule has 2 rings (SSSR count). The maximum absolute atomic E-state index is 11.8. The molecule has 1 saturated heterocycles. The van der Waals surface area contributed by atoms with Gasteiger partial charge >= 0.3 is 0 Å². The zero-order chi connectivity index (χ0) is 18.3. The molecule has 0 aromatic heterocycles. The van der Waals surface area contributed by atoms with E-state index in [1.165, 1.54) is 23.5 Å². The largest absolute Gasteiger partial charge is 0.484 e. The molecular formula is C18H26N2O3S2. The summed E-state index contributed by atoms with van der Waals surface area (Å²) in [5.41, 5.74) is 0.972. The number of carbonyl (C=O) groups is 2. The Kier molecular flexibility index (Phi) is 7.50. The molecule has 2 N–H and O–H groups in total. The molecule has 1 aromatic rings. The number of hydrogen-bond acceptors (Lipinski definition) is 5. The van der Waals surface area contributed by atoms with Crippen molar-refractivity contribution < 1.29 is 14.3 Å². The lowest BCUT2D eigenvalue weighted by Gasteiger charge is -2.21. The molecule has 0 saturated carbocycles. The van der Waals surface area contributed by atoms with Gasteiger partial charge in [0.15, 0.2) is 6.61 Å². The maximum Gasteiger partial charge on any atom is 0.258 e. The summed E-state index contributed by atoms with van der Waals surface area (Å²) in [5.74, 6) is 2.54. The molecule has 5 nitrogen and oxygen atoms in total. The standard InChI is InChI=1S/C18H26N2O3S2/c1-18(2,3)20-15(21)11-19-16(22)12-23-14-7-5-13(6-8-14)17-24-9-4-10-25-17/h5-8,17H,4,9-12H2,1-3H3,(H,19,22)(H,20,21). The van der Waals surface area contributed by atoms with Gasteiger partial charge in [-0.25, -0.2) is 0 Å². The summed E-state index contributed by atoms with van der Waals surface area (Å²) >= 11 is 3.95. The van der Waals surface area contributed by atoms with Crippen LogP contribution < -0.4 is 15.4 Å². The molecule has 0 radical (unpaired) electrons. The van der Waals surface area contributed by atoms with Gasteiger partial charge in [0.2, 0.25) is 5.91 Å². The van der Waals surface area contributed by atoms with Crippen LogP contribution in [0.15, 0.2) is 24.3 Å². The van der Waals surface area contributed by atoms with Gasteiger partial charge in [-0.2, -0.15) is 0 Å². The second-order valence-electron chi connectivity index (χ2n) is 6.86. The summed E-state index contributed by atoms with van der Waals surface area (Å²) in [6.07, 6.45) is 1.27. The normalized spacial score (nSPS) is 15.5. The molecule has 25 heavy (non-hydrogen) atoms. The van der Waals surface area contributed by atoms with Gasteiger partial charge in [0.05, 0.1) is 11.1 Å². The molecule has 0 bridgehead atoms. The van der Waals surface area contributed by atoms with Crippen molar-refractivity contribution >= 4 is 35.3 Å². The van der Waals surface area contributed by atoms with Crippen LogP contribution in [0, 0.1) is 0 Å². The van der Waals surface area contributed by atoms with E-state index in [9.17, 15) is 9.59 Å². The molecule has 138 valence electrons. The first-order valence-corrected chi connectivity index (χ1v) is 10.5. The second-order valence-corrected chi connectivity index (χ2v) is 9.58. The Labute approximate surface area is 158 Å². The van der Waals surface area contributed by atoms with Gasteiger partial charge in [-0.3, -0.25) is 9.59 Å². The van der Waals surface area contributed by atoms with Gasteiger partial charge in [-0.05, 0) is 56.4 Å². The first kappa shape index (κ1) is 20.0. The van der Waals surface area contributed by atoms with Crippen LogP contribution in [0.2, 0.25) is 0 Å². The van der Waals surface area contributed by atoms with Gasteiger partial charge in [0.1, 0.15) is 5.75 Å². The third-order valence-electron chi connectivity index (χ3n) is 3.31. The Balaban J connectivity index is 1.71. The molecule has 0 atom stereocenters. The number of thioether (sulfide) groups is 2. The van der Waals surface area contributed by atoms with Crippen LogP contribution >= 0.6 is 23.5 Å². The van der Waals surface area contributed by atoms with Gasteiger partial charge in [-0.1, -0.05) is 12.1 Å². The molecule has 0 aliphatic carbocycles. The number of nitrogens with one attached hydrogen (secondary N) is 2. The Morgan fingerprint density at radius 2 is 1.76 bits per heavy atom. The fourth-order valence-electron chi connectivity index (χ4n) is 2.24. The van der Waals surface area contributed by atoms with Gasteiger partial charge < -0.3 is 15.4 Å². The van der Waals surface area contributed by atoms with Crippen molar-refractivity contribution in [3.05, 3.63) is 29.8 Å². The number of carbonyl (C=O) groups excluding carboxylic acids is 2. The highest BCUT2D eigenvalue weighted by Crippen LogP contribution is 2.43. The van der Waals surface area contributed by atoms with Crippen molar-refractivity contribution in [3.63, 3.8) is 0 Å². The molecule has 2 amide bonds. The average Bonchev–Trinajstić information content (AvgIpc) is 2.58. The summed E-state index contributed by atoms with van der Waals surface area (Å²) in [6, 6.07) is 7.90. The minimum atomic E-state index is -0.313. The second kappa shape index (κ2) is 9.38. The van der Waals surface area contributed by atoms with E-state index in [1.807, 2.05) is 56.4 Å². The third-order valence-corrected chi connectivity index (χ3v) is 6.32. The number of amides is 2. The molecule has 0 spiro atoms. The fraction of sp³-hybridized carbons (Fsp3) is 0.556. The summed E-state index contributed by atoms with van der Waals surface area (Å²) in [5, 5.41) is 5.34. The van der Waals surface area contributed by atoms with Crippen LogP contribution in [-0.2, 0) is 9.59 Å². The fourth-order valence-corrected chi connectivity index (χ4v) is 5.14. The van der Waals surface area contributed by atoms with E-state index in [1.54, 1.807) is 0 Å². The van der Waals surface area contributed by atoms with E-state index < -0.39 is 0 Å². The number of benzene rings is 1. The van der Waals surface area contributed by atoms with E-state index in [2.05, 4.69) is 22.8 Å². The molecule has 1 aliphatic rings. The monoisotopic (exact) mass is 382 g/mol. The average molecular weight is 383 g/mol. The first-order valence-electron chi connectivity index (χ1n) is 8.37. The predicted octanol–water partition coefficient (Wildman–Crippen LogP) is 2.97. The lowest BCUT2D eigenvalue weighted by molar-refractivity contribution is -0.127. The molecule has 1 aliphatic heterocycles. The van der Waals surface area contributed by atoms with Crippen molar-refractivity contribution in [1.82, 2.24) is 10.6 Å². The number of hydrogen-bond donors (Lipinski definition) is 2. The van der Waals surface area contributed by atoms with Crippen molar-refractivity contribution in [1.29, 1.82) is 0 Å². The lowest BCUT2D eigenvalue weighted by atomic mass is 10.1. The van der Waals surface area contributed by atoms with Crippen molar-refractivity contribution in [2.75, 3.05) is 24.7 Å². The third kappa shape index (κ3) is 7.61. The van der Waals surface area contributed by atoms with Gasteiger partial charge in [0, 0.05) is 5.54 Å². The summed E-state index contributed by atoms with van der Waals surface area (Å²) in [4.78, 5) is 23.4. The van der Waals surface area contributed by atoms with Crippen molar-refractivity contribution in [2.45, 2.75) is 37.3 Å². The summed E-state index contributed by atoms with van der Waals surface area (Å²) in [6.45, 7) is 5.53.